The minimum absolute atomic E-state index is 0.538. The van der Waals surface area contributed by atoms with E-state index in [9.17, 15) is 0 Å². The Hall–Kier alpha value is -0.320. The number of rotatable bonds is 1. The molecule has 13 heavy (non-hydrogen) atoms. The van der Waals surface area contributed by atoms with Crippen LogP contribution in [-0.4, -0.2) is 30.7 Å². The van der Waals surface area contributed by atoms with Gasteiger partial charge in [0.25, 0.3) is 0 Å². The number of nitrogens with one attached hydrogen (secondary N) is 1. The maximum atomic E-state index is 5.77. The Morgan fingerprint density at radius 2 is 2.62 bits per heavy atom. The molecule has 1 fully saturated rings. The van der Waals surface area contributed by atoms with Crippen molar-refractivity contribution in [3.8, 4) is 0 Å². The van der Waals surface area contributed by atoms with Crippen LogP contribution >= 0.6 is 22.9 Å². The van der Waals surface area contributed by atoms with Gasteiger partial charge in [-0.25, -0.2) is 4.98 Å². The topological polar surface area (TPSA) is 28.2 Å². The van der Waals surface area contributed by atoms with Gasteiger partial charge in [-0.3, -0.25) is 0 Å². The van der Waals surface area contributed by atoms with Gasteiger partial charge in [0.05, 0.1) is 0 Å². The van der Waals surface area contributed by atoms with Crippen molar-refractivity contribution in [3.63, 3.8) is 0 Å². The summed E-state index contributed by atoms with van der Waals surface area (Å²) in [4.78, 5) is 6.53. The van der Waals surface area contributed by atoms with Crippen LogP contribution in [0.3, 0.4) is 0 Å². The fourth-order valence-electron chi connectivity index (χ4n) is 1.50. The fraction of sp³-hybridized carbons (Fsp3) is 0.625. The van der Waals surface area contributed by atoms with Crippen LogP contribution in [0.4, 0.5) is 5.13 Å². The van der Waals surface area contributed by atoms with Crippen LogP contribution in [-0.2, 0) is 0 Å². The van der Waals surface area contributed by atoms with E-state index < -0.39 is 0 Å². The van der Waals surface area contributed by atoms with Crippen molar-refractivity contribution >= 4 is 28.1 Å². The summed E-state index contributed by atoms with van der Waals surface area (Å²) in [6, 6.07) is 0.538. The lowest BCUT2D eigenvalue weighted by Gasteiger charge is -2.31. The molecule has 0 radical (unpaired) electrons. The summed E-state index contributed by atoms with van der Waals surface area (Å²) in [5, 5.41) is 6.91. The molecule has 5 heteroatoms. The molecule has 1 aromatic heterocycles. The molecule has 1 unspecified atom stereocenters. The largest absolute Gasteiger partial charge is 0.345 e. The highest BCUT2D eigenvalue weighted by molar-refractivity contribution is 7.14. The average Bonchev–Trinajstić information content (AvgIpc) is 2.52. The van der Waals surface area contributed by atoms with Crippen LogP contribution in [0.15, 0.2) is 5.38 Å². The Morgan fingerprint density at radius 3 is 3.23 bits per heavy atom. The second-order valence-corrected chi connectivity index (χ2v) is 4.48. The van der Waals surface area contributed by atoms with E-state index >= 15 is 0 Å². The van der Waals surface area contributed by atoms with Crippen molar-refractivity contribution in [2.24, 2.45) is 0 Å². The number of halogens is 1. The molecular formula is C8H12ClN3S. The second kappa shape index (κ2) is 3.82. The van der Waals surface area contributed by atoms with E-state index in [1.165, 1.54) is 0 Å². The number of aromatic nitrogens is 1. The first-order chi connectivity index (χ1) is 6.25. The van der Waals surface area contributed by atoms with Crippen LogP contribution in [0.5, 0.6) is 0 Å². The van der Waals surface area contributed by atoms with Crippen LogP contribution in [0.1, 0.15) is 6.92 Å². The number of thiazole rings is 1. The Kier molecular flexibility index (Phi) is 2.71. The van der Waals surface area contributed by atoms with E-state index in [4.69, 9.17) is 11.6 Å². The summed E-state index contributed by atoms with van der Waals surface area (Å²) in [7, 11) is 0. The predicted octanol–water partition coefficient (Wildman–Crippen LogP) is 1.59. The highest BCUT2D eigenvalue weighted by Crippen LogP contribution is 2.23. The van der Waals surface area contributed by atoms with Gasteiger partial charge in [-0.05, 0) is 6.92 Å². The zero-order valence-corrected chi connectivity index (χ0v) is 9.03. The minimum atomic E-state index is 0.538. The van der Waals surface area contributed by atoms with E-state index in [1.807, 2.05) is 5.38 Å². The molecule has 1 atom stereocenters. The van der Waals surface area contributed by atoms with Gasteiger partial charge in [-0.1, -0.05) is 11.6 Å². The Labute approximate surface area is 86.7 Å². The molecule has 1 saturated heterocycles. The molecule has 1 aliphatic rings. The number of nitrogens with zero attached hydrogens (tertiary/aromatic N) is 2. The van der Waals surface area contributed by atoms with E-state index in [0.717, 1.165) is 24.8 Å². The molecule has 0 amide bonds. The summed E-state index contributed by atoms with van der Waals surface area (Å²) in [5.41, 5.74) is 0. The summed E-state index contributed by atoms with van der Waals surface area (Å²) < 4.78 is 0. The first-order valence-electron chi connectivity index (χ1n) is 4.35. The van der Waals surface area contributed by atoms with Gasteiger partial charge < -0.3 is 10.2 Å². The Morgan fingerprint density at radius 1 is 1.77 bits per heavy atom. The SMILES string of the molecule is CC1CN(c2nc(Cl)cs2)CCN1. The Balaban J connectivity index is 2.08. The van der Waals surface area contributed by atoms with Crippen LogP contribution in [0, 0.1) is 0 Å². The van der Waals surface area contributed by atoms with Crippen molar-refractivity contribution in [1.29, 1.82) is 0 Å². The van der Waals surface area contributed by atoms with E-state index in [0.29, 0.717) is 11.2 Å². The highest BCUT2D eigenvalue weighted by Gasteiger charge is 2.17. The van der Waals surface area contributed by atoms with E-state index in [1.54, 1.807) is 11.3 Å². The normalized spacial score (nSPS) is 23.5. The molecule has 0 saturated carbocycles. The number of anilines is 1. The zero-order valence-electron chi connectivity index (χ0n) is 7.46. The lowest BCUT2D eigenvalue weighted by atomic mass is 10.2. The molecule has 0 aliphatic carbocycles. The third-order valence-electron chi connectivity index (χ3n) is 2.10. The zero-order chi connectivity index (χ0) is 9.26. The molecule has 1 aromatic rings. The monoisotopic (exact) mass is 217 g/mol. The average molecular weight is 218 g/mol. The smallest absolute Gasteiger partial charge is 0.186 e. The van der Waals surface area contributed by atoms with Crippen LogP contribution in [0.2, 0.25) is 5.15 Å². The van der Waals surface area contributed by atoms with Crippen LogP contribution < -0.4 is 10.2 Å². The van der Waals surface area contributed by atoms with Gasteiger partial charge in [0.15, 0.2) is 5.13 Å². The summed E-state index contributed by atoms with van der Waals surface area (Å²) >= 11 is 7.39. The van der Waals surface area contributed by atoms with Gasteiger partial charge >= 0.3 is 0 Å². The molecular weight excluding hydrogens is 206 g/mol. The molecule has 72 valence electrons. The number of piperazine rings is 1. The molecule has 2 rings (SSSR count). The molecule has 1 N–H and O–H groups in total. The van der Waals surface area contributed by atoms with Crippen molar-refractivity contribution in [3.05, 3.63) is 10.5 Å². The van der Waals surface area contributed by atoms with Crippen molar-refractivity contribution in [2.75, 3.05) is 24.5 Å². The molecule has 0 aromatic carbocycles. The van der Waals surface area contributed by atoms with Gasteiger partial charge in [-0.2, -0.15) is 0 Å². The summed E-state index contributed by atoms with van der Waals surface area (Å²) in [6.45, 7) is 5.25. The summed E-state index contributed by atoms with van der Waals surface area (Å²) in [6.07, 6.45) is 0. The third kappa shape index (κ3) is 2.13. The first-order valence-corrected chi connectivity index (χ1v) is 5.61. The fourth-order valence-corrected chi connectivity index (χ4v) is 2.48. The lowest BCUT2D eigenvalue weighted by Crippen LogP contribution is -2.49. The second-order valence-electron chi connectivity index (χ2n) is 3.25. The maximum absolute atomic E-state index is 5.77. The van der Waals surface area contributed by atoms with Gasteiger partial charge in [0, 0.05) is 31.1 Å². The quantitative estimate of drug-likeness (QED) is 0.775. The molecule has 0 bridgehead atoms. The molecule has 2 heterocycles. The van der Waals surface area contributed by atoms with Crippen LogP contribution in [0.25, 0.3) is 0 Å². The van der Waals surface area contributed by atoms with Crippen molar-refractivity contribution in [1.82, 2.24) is 10.3 Å². The number of hydrogen-bond donors (Lipinski definition) is 1. The van der Waals surface area contributed by atoms with E-state index in [-0.39, 0.29) is 0 Å². The van der Waals surface area contributed by atoms with Gasteiger partial charge in [-0.15, -0.1) is 11.3 Å². The molecule has 0 spiro atoms. The number of hydrogen-bond acceptors (Lipinski definition) is 4. The lowest BCUT2D eigenvalue weighted by molar-refractivity contribution is 0.484. The highest BCUT2D eigenvalue weighted by atomic mass is 35.5. The van der Waals surface area contributed by atoms with Crippen molar-refractivity contribution < 1.29 is 0 Å². The first kappa shape index (κ1) is 9.24. The van der Waals surface area contributed by atoms with Gasteiger partial charge in [0.2, 0.25) is 0 Å². The molecule has 3 nitrogen and oxygen atoms in total. The molecule has 1 aliphatic heterocycles. The summed E-state index contributed by atoms with van der Waals surface area (Å²) in [5.74, 6) is 0. The maximum Gasteiger partial charge on any atom is 0.186 e. The van der Waals surface area contributed by atoms with E-state index in [2.05, 4.69) is 22.1 Å². The van der Waals surface area contributed by atoms with Gasteiger partial charge in [0.1, 0.15) is 5.15 Å². The predicted molar refractivity (Wildman–Crippen MR) is 56.8 cm³/mol. The Bertz CT molecular complexity index is 289. The third-order valence-corrected chi connectivity index (χ3v) is 3.33. The standard InChI is InChI=1S/C8H12ClN3S/c1-6-4-12(3-2-10-6)8-11-7(9)5-13-8/h5-6,10H,2-4H2,1H3. The van der Waals surface area contributed by atoms with Crippen molar-refractivity contribution in [2.45, 2.75) is 13.0 Å². The minimum Gasteiger partial charge on any atom is -0.345 e.